The van der Waals surface area contributed by atoms with Gasteiger partial charge in [0, 0.05) is 21.9 Å². The number of hydrogen-bond donors (Lipinski definition) is 1. The number of rotatable bonds is 6. The minimum Gasteiger partial charge on any atom is -0.452 e. The number of carbonyl (C=O) groups excluding carboxylic acids is 2. The summed E-state index contributed by atoms with van der Waals surface area (Å²) in [6.45, 7) is 1.67. The Kier molecular flexibility index (Phi) is 5.93. The Hall–Kier alpha value is -2.77. The fourth-order valence-corrected chi connectivity index (χ4v) is 3.42. The maximum Gasteiger partial charge on any atom is 0.331 e. The summed E-state index contributed by atoms with van der Waals surface area (Å²) in [5.41, 5.74) is 2.95. The summed E-state index contributed by atoms with van der Waals surface area (Å²) in [5.74, 6) is -0.985. The average molecular weight is 384 g/mol. The van der Waals surface area contributed by atoms with Crippen LogP contribution in [0.1, 0.15) is 10.4 Å². The Morgan fingerprint density at radius 3 is 2.73 bits per heavy atom. The highest BCUT2D eigenvalue weighted by atomic mass is 32.1. The first-order valence-corrected chi connectivity index (χ1v) is 9.57. The summed E-state index contributed by atoms with van der Waals surface area (Å²) in [7, 11) is 0. The van der Waals surface area contributed by atoms with Crippen molar-refractivity contribution in [1.82, 2.24) is 4.98 Å². The molecule has 0 aliphatic rings. The van der Waals surface area contributed by atoms with E-state index < -0.39 is 11.9 Å². The maximum atomic E-state index is 11.9. The average Bonchev–Trinajstić information content (AvgIpc) is 3.31. The van der Waals surface area contributed by atoms with Crippen LogP contribution in [-0.4, -0.2) is 23.5 Å². The Morgan fingerprint density at radius 1 is 1.19 bits per heavy atom. The summed E-state index contributed by atoms with van der Waals surface area (Å²) < 4.78 is 4.92. The first-order chi connectivity index (χ1) is 12.6. The molecule has 2 aromatic heterocycles. The highest BCUT2D eigenvalue weighted by molar-refractivity contribution is 7.14. The van der Waals surface area contributed by atoms with Crippen molar-refractivity contribution < 1.29 is 14.3 Å². The fourth-order valence-electron chi connectivity index (χ4n) is 2.06. The molecule has 0 unspecified atom stereocenters. The third kappa shape index (κ3) is 5.11. The molecule has 0 atom stereocenters. The van der Waals surface area contributed by atoms with Gasteiger partial charge in [-0.2, -0.15) is 0 Å². The van der Waals surface area contributed by atoms with Crippen LogP contribution >= 0.6 is 22.7 Å². The van der Waals surface area contributed by atoms with Gasteiger partial charge in [-0.3, -0.25) is 10.1 Å². The number of hydrogen-bond acceptors (Lipinski definition) is 6. The fraction of sp³-hybridized carbons (Fsp3) is 0.105. The molecule has 26 heavy (non-hydrogen) atoms. The molecule has 0 radical (unpaired) electrons. The molecule has 0 saturated heterocycles. The van der Waals surface area contributed by atoms with Gasteiger partial charge < -0.3 is 4.74 Å². The largest absolute Gasteiger partial charge is 0.452 e. The summed E-state index contributed by atoms with van der Waals surface area (Å²) in [4.78, 5) is 28.8. The van der Waals surface area contributed by atoms with Crippen LogP contribution in [0.4, 0.5) is 5.13 Å². The molecule has 5 nitrogen and oxygen atoms in total. The monoisotopic (exact) mass is 384 g/mol. The normalized spacial score (nSPS) is 10.8. The number of benzene rings is 1. The topological polar surface area (TPSA) is 68.3 Å². The van der Waals surface area contributed by atoms with Gasteiger partial charge in [0.15, 0.2) is 11.7 Å². The van der Waals surface area contributed by atoms with Gasteiger partial charge in [-0.25, -0.2) is 9.78 Å². The smallest absolute Gasteiger partial charge is 0.331 e. The van der Waals surface area contributed by atoms with Crippen molar-refractivity contribution in [2.75, 3.05) is 11.9 Å². The molecule has 7 heteroatoms. The van der Waals surface area contributed by atoms with Gasteiger partial charge in [-0.05, 0) is 24.4 Å². The molecular weight excluding hydrogens is 368 g/mol. The second-order valence-electron chi connectivity index (χ2n) is 5.41. The van der Waals surface area contributed by atoms with E-state index in [1.165, 1.54) is 34.3 Å². The maximum absolute atomic E-state index is 11.9. The van der Waals surface area contributed by atoms with E-state index in [2.05, 4.69) is 10.3 Å². The van der Waals surface area contributed by atoms with E-state index >= 15 is 0 Å². The number of nitrogens with zero attached hydrogens (tertiary/aromatic N) is 1. The van der Waals surface area contributed by atoms with Crippen LogP contribution in [-0.2, 0) is 14.3 Å². The van der Waals surface area contributed by atoms with Crippen molar-refractivity contribution in [3.63, 3.8) is 0 Å². The first-order valence-electron chi connectivity index (χ1n) is 7.81. The first kappa shape index (κ1) is 18.0. The van der Waals surface area contributed by atoms with E-state index in [1.807, 2.05) is 54.1 Å². The van der Waals surface area contributed by atoms with Crippen molar-refractivity contribution in [2.45, 2.75) is 6.92 Å². The number of nitrogens with one attached hydrogen (secondary N) is 1. The minimum absolute atomic E-state index is 0.354. The highest BCUT2D eigenvalue weighted by Crippen LogP contribution is 2.25. The van der Waals surface area contributed by atoms with Crippen LogP contribution in [0.2, 0.25) is 0 Å². The number of esters is 1. The van der Waals surface area contributed by atoms with Crippen molar-refractivity contribution in [1.29, 1.82) is 0 Å². The highest BCUT2D eigenvalue weighted by Gasteiger charge is 2.10. The standard InChI is InChI=1S/C19H16N2O3S2/c1-13-4-6-14(7-5-13)16-12-26-19(20-16)21-17(22)11-24-18(23)9-8-15-3-2-10-25-15/h2-10,12H,11H2,1H3,(H,20,21,22)/b9-8+. The zero-order chi connectivity index (χ0) is 18.4. The van der Waals surface area contributed by atoms with E-state index in [-0.39, 0.29) is 6.61 Å². The van der Waals surface area contributed by atoms with E-state index in [1.54, 1.807) is 6.08 Å². The van der Waals surface area contributed by atoms with Crippen molar-refractivity contribution in [3.8, 4) is 11.3 Å². The summed E-state index contributed by atoms with van der Waals surface area (Å²) in [6, 6.07) is 11.8. The van der Waals surface area contributed by atoms with Gasteiger partial charge in [0.2, 0.25) is 0 Å². The Labute approximate surface area is 159 Å². The molecule has 1 aromatic carbocycles. The van der Waals surface area contributed by atoms with Gasteiger partial charge in [-0.1, -0.05) is 35.9 Å². The number of thiazole rings is 1. The van der Waals surface area contributed by atoms with Gasteiger partial charge in [0.1, 0.15) is 0 Å². The molecule has 132 valence electrons. The summed E-state index contributed by atoms with van der Waals surface area (Å²) >= 11 is 2.84. The number of aryl methyl sites for hydroxylation is 1. The molecule has 1 N–H and O–H groups in total. The summed E-state index contributed by atoms with van der Waals surface area (Å²) in [5, 5.41) is 6.89. The predicted molar refractivity (Wildman–Crippen MR) is 105 cm³/mol. The number of amides is 1. The SMILES string of the molecule is Cc1ccc(-c2csc(NC(=O)COC(=O)/C=C/c3cccs3)n2)cc1. The van der Waals surface area contributed by atoms with E-state index in [0.29, 0.717) is 5.13 Å². The van der Waals surface area contributed by atoms with E-state index in [9.17, 15) is 9.59 Å². The molecule has 2 heterocycles. The van der Waals surface area contributed by atoms with Gasteiger partial charge in [0.25, 0.3) is 5.91 Å². The van der Waals surface area contributed by atoms with Gasteiger partial charge in [0.05, 0.1) is 5.69 Å². The quantitative estimate of drug-likeness (QED) is 0.506. The van der Waals surface area contributed by atoms with Crippen LogP contribution in [0, 0.1) is 6.92 Å². The molecule has 0 saturated carbocycles. The number of ether oxygens (including phenoxy) is 1. The van der Waals surface area contributed by atoms with E-state index in [0.717, 1.165) is 16.1 Å². The lowest BCUT2D eigenvalue weighted by molar-refractivity contribution is -0.142. The Balaban J connectivity index is 1.49. The van der Waals surface area contributed by atoms with Crippen molar-refractivity contribution >= 4 is 45.8 Å². The van der Waals surface area contributed by atoms with Crippen LogP contribution < -0.4 is 5.32 Å². The lowest BCUT2D eigenvalue weighted by Crippen LogP contribution is -2.20. The van der Waals surface area contributed by atoms with Crippen molar-refractivity contribution in [2.24, 2.45) is 0 Å². The van der Waals surface area contributed by atoms with E-state index in [4.69, 9.17) is 4.74 Å². The zero-order valence-corrected chi connectivity index (χ0v) is 15.6. The third-order valence-electron chi connectivity index (χ3n) is 3.37. The minimum atomic E-state index is -0.562. The summed E-state index contributed by atoms with van der Waals surface area (Å²) in [6.07, 6.45) is 2.96. The predicted octanol–water partition coefficient (Wildman–Crippen LogP) is 4.38. The van der Waals surface area contributed by atoms with Crippen LogP contribution in [0.5, 0.6) is 0 Å². The molecule has 0 fully saturated rings. The van der Waals surface area contributed by atoms with Gasteiger partial charge in [-0.15, -0.1) is 22.7 Å². The van der Waals surface area contributed by atoms with Gasteiger partial charge >= 0.3 is 5.97 Å². The number of carbonyl (C=O) groups is 2. The molecule has 3 aromatic rings. The second-order valence-corrected chi connectivity index (χ2v) is 7.25. The Morgan fingerprint density at radius 2 is 2.00 bits per heavy atom. The number of anilines is 1. The number of thiophene rings is 1. The van der Waals surface area contributed by atoms with Crippen LogP contribution in [0.3, 0.4) is 0 Å². The molecular formula is C19H16N2O3S2. The van der Waals surface area contributed by atoms with Crippen molar-refractivity contribution in [3.05, 3.63) is 63.7 Å². The number of aromatic nitrogens is 1. The molecule has 0 bridgehead atoms. The zero-order valence-electron chi connectivity index (χ0n) is 14.0. The van der Waals surface area contributed by atoms with Crippen LogP contribution in [0.25, 0.3) is 17.3 Å². The Bertz CT molecular complexity index is 913. The van der Waals surface area contributed by atoms with Crippen LogP contribution in [0.15, 0.2) is 53.2 Å². The molecule has 3 rings (SSSR count). The molecule has 0 spiro atoms. The molecule has 0 aliphatic heterocycles. The molecule has 0 aliphatic carbocycles. The third-order valence-corrected chi connectivity index (χ3v) is 4.97. The second kappa shape index (κ2) is 8.55. The lowest BCUT2D eigenvalue weighted by atomic mass is 10.1. The lowest BCUT2D eigenvalue weighted by Gasteiger charge is -2.02. The molecule has 1 amide bonds.